The molecule has 1 atom stereocenters. The van der Waals surface area contributed by atoms with Crippen molar-refractivity contribution in [3.8, 4) is 0 Å². The molecule has 0 aliphatic rings. The summed E-state index contributed by atoms with van der Waals surface area (Å²) in [7, 11) is 0. The van der Waals surface area contributed by atoms with E-state index in [0.717, 1.165) is 17.3 Å². The third kappa shape index (κ3) is 4.84. The lowest BCUT2D eigenvalue weighted by Crippen LogP contribution is -2.42. The van der Waals surface area contributed by atoms with Crippen molar-refractivity contribution < 1.29 is 19.4 Å². The second kappa shape index (κ2) is 7.34. The molecule has 0 saturated carbocycles. The first kappa shape index (κ1) is 14.9. The van der Waals surface area contributed by atoms with Crippen LogP contribution in [-0.4, -0.2) is 32.0 Å². The van der Waals surface area contributed by atoms with Crippen molar-refractivity contribution in [3.05, 3.63) is 47.8 Å². The Morgan fingerprint density at radius 3 is 2.71 bits per heavy atom. The van der Waals surface area contributed by atoms with Crippen LogP contribution in [0, 0.1) is 0 Å². The predicted molar refractivity (Wildman–Crippen MR) is 74.8 cm³/mol. The standard InChI is InChI=1S/C13H13N3O4S/c17-12(18)11(6-10-7-14-21-16-10)15-13(19)20-8-9-4-2-1-3-5-9/h1-5,7,11H,6,8H2,(H,15,19)(H,17,18). The first-order valence-corrected chi connectivity index (χ1v) is 6.84. The minimum atomic E-state index is -1.15. The lowest BCUT2D eigenvalue weighted by molar-refractivity contribution is -0.139. The van der Waals surface area contributed by atoms with E-state index >= 15 is 0 Å². The molecule has 1 amide bonds. The van der Waals surface area contributed by atoms with Gasteiger partial charge in [0.1, 0.15) is 12.6 Å². The highest BCUT2D eigenvalue weighted by Crippen LogP contribution is 2.03. The Hall–Kier alpha value is -2.48. The molecular formula is C13H13N3O4S. The summed E-state index contributed by atoms with van der Waals surface area (Å²) in [5.41, 5.74) is 1.33. The fourth-order valence-electron chi connectivity index (χ4n) is 1.59. The Balaban J connectivity index is 1.85. The molecule has 1 unspecified atom stereocenters. The number of carbonyl (C=O) groups excluding carboxylic acids is 1. The predicted octanol–water partition coefficient (Wildman–Crippen LogP) is 1.46. The third-order valence-electron chi connectivity index (χ3n) is 2.62. The highest BCUT2D eigenvalue weighted by molar-refractivity contribution is 6.99. The normalized spacial score (nSPS) is 11.6. The van der Waals surface area contributed by atoms with Crippen LogP contribution in [0.4, 0.5) is 4.79 Å². The molecule has 0 bridgehead atoms. The third-order valence-corrected chi connectivity index (χ3v) is 3.14. The summed E-state index contributed by atoms with van der Waals surface area (Å²) in [6, 6.07) is 8.02. The van der Waals surface area contributed by atoms with Gasteiger partial charge in [0.05, 0.1) is 23.6 Å². The highest BCUT2D eigenvalue weighted by atomic mass is 32.1. The van der Waals surface area contributed by atoms with Gasteiger partial charge < -0.3 is 15.2 Å². The monoisotopic (exact) mass is 307 g/mol. The van der Waals surface area contributed by atoms with Gasteiger partial charge in [0, 0.05) is 6.42 Å². The number of benzene rings is 1. The van der Waals surface area contributed by atoms with Gasteiger partial charge in [-0.25, -0.2) is 9.59 Å². The second-order valence-electron chi connectivity index (χ2n) is 4.20. The van der Waals surface area contributed by atoms with E-state index in [2.05, 4.69) is 14.1 Å². The van der Waals surface area contributed by atoms with Gasteiger partial charge in [-0.1, -0.05) is 30.3 Å². The summed E-state index contributed by atoms with van der Waals surface area (Å²) < 4.78 is 12.7. The molecule has 0 saturated heterocycles. The maximum Gasteiger partial charge on any atom is 0.408 e. The van der Waals surface area contributed by atoms with Gasteiger partial charge in [-0.3, -0.25) is 0 Å². The fourth-order valence-corrected chi connectivity index (χ4v) is 2.03. The molecule has 21 heavy (non-hydrogen) atoms. The molecule has 110 valence electrons. The molecule has 0 aliphatic carbocycles. The van der Waals surface area contributed by atoms with Crippen molar-refractivity contribution in [2.24, 2.45) is 0 Å². The zero-order chi connectivity index (χ0) is 15.1. The number of hydrogen-bond acceptors (Lipinski definition) is 6. The van der Waals surface area contributed by atoms with Crippen LogP contribution in [-0.2, 0) is 22.6 Å². The van der Waals surface area contributed by atoms with Crippen LogP contribution in [0.1, 0.15) is 11.3 Å². The SMILES string of the molecule is O=C(NC(Cc1cnsn1)C(=O)O)OCc1ccccc1. The zero-order valence-electron chi connectivity index (χ0n) is 10.9. The average molecular weight is 307 g/mol. The Labute approximate surface area is 124 Å². The van der Waals surface area contributed by atoms with Gasteiger partial charge in [-0.15, -0.1) is 0 Å². The van der Waals surface area contributed by atoms with Crippen molar-refractivity contribution >= 4 is 23.8 Å². The molecule has 1 heterocycles. The number of aliphatic carboxylic acids is 1. The number of carboxylic acid groups (broad SMARTS) is 1. The molecule has 0 fully saturated rings. The molecule has 0 aliphatic heterocycles. The summed E-state index contributed by atoms with van der Waals surface area (Å²) in [5, 5.41) is 11.4. The number of aromatic nitrogens is 2. The van der Waals surface area contributed by atoms with Crippen LogP contribution >= 0.6 is 11.7 Å². The topological polar surface area (TPSA) is 101 Å². The number of nitrogens with one attached hydrogen (secondary N) is 1. The van der Waals surface area contributed by atoms with Crippen molar-refractivity contribution in [1.82, 2.24) is 14.1 Å². The van der Waals surface area contributed by atoms with Crippen LogP contribution < -0.4 is 5.32 Å². The molecule has 0 spiro atoms. The minimum absolute atomic E-state index is 0.0618. The van der Waals surface area contributed by atoms with Crippen molar-refractivity contribution in [2.45, 2.75) is 19.1 Å². The van der Waals surface area contributed by atoms with Gasteiger partial charge in [0.2, 0.25) is 0 Å². The van der Waals surface area contributed by atoms with Gasteiger partial charge in [-0.2, -0.15) is 8.75 Å². The van der Waals surface area contributed by atoms with E-state index in [-0.39, 0.29) is 13.0 Å². The van der Waals surface area contributed by atoms with Crippen molar-refractivity contribution in [2.75, 3.05) is 0 Å². The van der Waals surface area contributed by atoms with Crippen LogP contribution in [0.5, 0.6) is 0 Å². The van der Waals surface area contributed by atoms with Gasteiger partial charge in [0.25, 0.3) is 0 Å². The van der Waals surface area contributed by atoms with E-state index in [1.165, 1.54) is 6.20 Å². The van der Waals surface area contributed by atoms with E-state index in [1.807, 2.05) is 30.3 Å². The first-order valence-electron chi connectivity index (χ1n) is 6.11. The largest absolute Gasteiger partial charge is 0.480 e. The zero-order valence-corrected chi connectivity index (χ0v) is 11.7. The van der Waals surface area contributed by atoms with Gasteiger partial charge >= 0.3 is 12.1 Å². The van der Waals surface area contributed by atoms with E-state index in [0.29, 0.717) is 5.69 Å². The molecular weight excluding hydrogens is 294 g/mol. The van der Waals surface area contributed by atoms with Crippen LogP contribution in [0.3, 0.4) is 0 Å². The van der Waals surface area contributed by atoms with Crippen LogP contribution in [0.25, 0.3) is 0 Å². The summed E-state index contributed by atoms with van der Waals surface area (Å²) in [6.07, 6.45) is 0.749. The Morgan fingerprint density at radius 1 is 1.33 bits per heavy atom. The minimum Gasteiger partial charge on any atom is -0.480 e. The molecule has 1 aromatic carbocycles. The smallest absolute Gasteiger partial charge is 0.408 e. The molecule has 1 aromatic heterocycles. The van der Waals surface area contributed by atoms with E-state index in [9.17, 15) is 9.59 Å². The summed E-state index contributed by atoms with van der Waals surface area (Å²) in [4.78, 5) is 22.8. The first-order chi connectivity index (χ1) is 10.1. The number of amides is 1. The van der Waals surface area contributed by atoms with E-state index in [4.69, 9.17) is 9.84 Å². The highest BCUT2D eigenvalue weighted by Gasteiger charge is 2.22. The van der Waals surface area contributed by atoms with E-state index < -0.39 is 18.1 Å². The number of hydrogen-bond donors (Lipinski definition) is 2. The Kier molecular flexibility index (Phi) is 5.22. The fraction of sp³-hybridized carbons (Fsp3) is 0.231. The lowest BCUT2D eigenvalue weighted by Gasteiger charge is -2.13. The van der Waals surface area contributed by atoms with Crippen LogP contribution in [0.15, 0.2) is 36.5 Å². The molecule has 2 aromatic rings. The van der Waals surface area contributed by atoms with Gasteiger partial charge in [-0.05, 0) is 5.56 Å². The maximum atomic E-state index is 11.6. The molecule has 8 heteroatoms. The van der Waals surface area contributed by atoms with E-state index in [1.54, 1.807) is 0 Å². The van der Waals surface area contributed by atoms with Crippen molar-refractivity contribution in [3.63, 3.8) is 0 Å². The molecule has 7 nitrogen and oxygen atoms in total. The number of carbonyl (C=O) groups is 2. The Morgan fingerprint density at radius 2 is 2.10 bits per heavy atom. The second-order valence-corrected chi connectivity index (χ2v) is 4.76. The van der Waals surface area contributed by atoms with Crippen LogP contribution in [0.2, 0.25) is 0 Å². The van der Waals surface area contributed by atoms with Gasteiger partial charge in [0.15, 0.2) is 0 Å². The summed E-state index contributed by atoms with van der Waals surface area (Å²) in [6.45, 7) is 0.0806. The summed E-state index contributed by atoms with van der Waals surface area (Å²) >= 11 is 0.983. The van der Waals surface area contributed by atoms with Crippen molar-refractivity contribution in [1.29, 1.82) is 0 Å². The number of nitrogens with zero attached hydrogens (tertiary/aromatic N) is 2. The molecule has 0 radical (unpaired) electrons. The number of ether oxygens (including phenoxy) is 1. The Bertz CT molecular complexity index is 589. The summed E-state index contributed by atoms with van der Waals surface area (Å²) in [5.74, 6) is -1.15. The maximum absolute atomic E-state index is 11.6. The molecule has 2 rings (SSSR count). The molecule has 2 N–H and O–H groups in total. The number of alkyl carbamates (subject to hydrolysis) is 1. The lowest BCUT2D eigenvalue weighted by atomic mass is 10.2. The number of rotatable bonds is 6. The quantitative estimate of drug-likeness (QED) is 0.838. The number of carboxylic acids is 1. The average Bonchev–Trinajstić information content (AvgIpc) is 2.98.